The normalized spacial score (nSPS) is 16.9. The maximum absolute atomic E-state index is 13.9. The van der Waals surface area contributed by atoms with Gasteiger partial charge < -0.3 is 20.4 Å². The smallest absolute Gasteiger partial charge is 0.191 e. The maximum Gasteiger partial charge on any atom is 0.191 e. The summed E-state index contributed by atoms with van der Waals surface area (Å²) in [4.78, 5) is 12.7. The van der Waals surface area contributed by atoms with E-state index < -0.39 is 0 Å². The molecule has 1 aliphatic rings. The summed E-state index contributed by atoms with van der Waals surface area (Å²) < 4.78 is 13.9. The molecule has 1 aromatic carbocycles. The molecule has 0 spiro atoms. The summed E-state index contributed by atoms with van der Waals surface area (Å²) in [6, 6.07) is 13.7. The topological polar surface area (TPSA) is 55.8 Å². The van der Waals surface area contributed by atoms with Gasteiger partial charge in [0.05, 0.1) is 0 Å². The van der Waals surface area contributed by atoms with Gasteiger partial charge in [0.1, 0.15) is 0 Å². The van der Waals surface area contributed by atoms with E-state index in [0.717, 1.165) is 38.4 Å². The average molecular weight is 385 g/mol. The molecule has 1 atom stereocenters. The molecule has 1 saturated heterocycles. The fourth-order valence-corrected chi connectivity index (χ4v) is 3.40. The van der Waals surface area contributed by atoms with Gasteiger partial charge in [-0.25, -0.2) is 9.37 Å². The number of aliphatic imine (C=N–C) groups is 1. The van der Waals surface area contributed by atoms with Crippen LogP contribution in [0.5, 0.6) is 0 Å². The van der Waals surface area contributed by atoms with Crippen molar-refractivity contribution in [1.82, 2.24) is 15.6 Å². The molecule has 3 rings (SSSR count). The number of guanidine groups is 1. The third kappa shape index (κ3) is 5.34. The highest BCUT2D eigenvalue weighted by molar-refractivity contribution is 5.80. The lowest BCUT2D eigenvalue weighted by molar-refractivity contribution is 0.612. The van der Waals surface area contributed by atoms with E-state index >= 15 is 0 Å². The number of halogens is 1. The molecule has 0 radical (unpaired) electrons. The first kappa shape index (κ1) is 19.9. The molecule has 1 aromatic heterocycles. The monoisotopic (exact) mass is 384 g/mol. The molecule has 150 valence electrons. The van der Waals surface area contributed by atoms with E-state index in [4.69, 9.17) is 0 Å². The van der Waals surface area contributed by atoms with Crippen molar-refractivity contribution in [3.63, 3.8) is 0 Å². The molecule has 28 heavy (non-hydrogen) atoms. The van der Waals surface area contributed by atoms with Crippen molar-refractivity contribution in [2.45, 2.75) is 18.9 Å². The molecule has 2 aromatic rings. The van der Waals surface area contributed by atoms with E-state index in [1.165, 1.54) is 11.8 Å². The minimum absolute atomic E-state index is 0.222. The molecule has 1 aliphatic heterocycles. The number of hydrogen-bond acceptors (Lipinski definition) is 4. The number of rotatable bonds is 7. The van der Waals surface area contributed by atoms with Crippen LogP contribution in [0.1, 0.15) is 12.8 Å². The molecular weight excluding hydrogens is 355 g/mol. The van der Waals surface area contributed by atoms with Crippen molar-refractivity contribution in [3.05, 3.63) is 54.5 Å². The SMILES string of the molecule is CN=C(NCCCN(C)c1ccccc1)NC1CCN(c2ncccc2F)C1. The van der Waals surface area contributed by atoms with Gasteiger partial charge in [0, 0.05) is 58.2 Å². The van der Waals surface area contributed by atoms with Crippen molar-refractivity contribution in [1.29, 1.82) is 0 Å². The molecule has 7 heteroatoms. The lowest BCUT2D eigenvalue weighted by Crippen LogP contribution is -2.45. The first-order valence-electron chi connectivity index (χ1n) is 9.76. The fourth-order valence-electron chi connectivity index (χ4n) is 3.40. The third-order valence-electron chi connectivity index (χ3n) is 4.95. The number of anilines is 2. The largest absolute Gasteiger partial charge is 0.375 e. The van der Waals surface area contributed by atoms with Gasteiger partial charge in [0.15, 0.2) is 17.6 Å². The Kier molecular flexibility index (Phi) is 7.06. The average Bonchev–Trinajstić information content (AvgIpc) is 3.19. The Morgan fingerprint density at radius 1 is 1.29 bits per heavy atom. The number of benzene rings is 1. The second kappa shape index (κ2) is 9.92. The van der Waals surface area contributed by atoms with Crippen molar-refractivity contribution >= 4 is 17.5 Å². The minimum Gasteiger partial charge on any atom is -0.375 e. The van der Waals surface area contributed by atoms with Crippen LogP contribution in [0.2, 0.25) is 0 Å². The van der Waals surface area contributed by atoms with E-state index in [9.17, 15) is 4.39 Å². The van der Waals surface area contributed by atoms with Crippen molar-refractivity contribution in [2.24, 2.45) is 4.99 Å². The first-order chi connectivity index (χ1) is 13.7. The highest BCUT2D eigenvalue weighted by atomic mass is 19.1. The Hall–Kier alpha value is -2.83. The van der Waals surface area contributed by atoms with Crippen LogP contribution in [0.4, 0.5) is 15.9 Å². The van der Waals surface area contributed by atoms with Gasteiger partial charge in [-0.05, 0) is 37.1 Å². The molecular formula is C21H29FN6. The van der Waals surface area contributed by atoms with Gasteiger partial charge in [-0.2, -0.15) is 0 Å². The zero-order valence-corrected chi connectivity index (χ0v) is 16.6. The molecule has 6 nitrogen and oxygen atoms in total. The van der Waals surface area contributed by atoms with Gasteiger partial charge >= 0.3 is 0 Å². The molecule has 1 unspecified atom stereocenters. The van der Waals surface area contributed by atoms with Gasteiger partial charge in [-0.1, -0.05) is 18.2 Å². The zero-order valence-electron chi connectivity index (χ0n) is 16.6. The number of nitrogens with zero attached hydrogens (tertiary/aromatic N) is 4. The predicted octanol–water partition coefficient (Wildman–Crippen LogP) is 2.49. The molecule has 0 aliphatic carbocycles. The standard InChI is InChI=1S/C21H29FN6/c1-23-21(25-13-7-14-27(2)18-8-4-3-5-9-18)26-17-11-15-28(16-17)20-19(22)10-6-12-24-20/h3-6,8-10,12,17H,7,11,13-16H2,1-2H3,(H2,23,25,26). The van der Waals surface area contributed by atoms with Crippen molar-refractivity contribution < 1.29 is 4.39 Å². The van der Waals surface area contributed by atoms with E-state index in [-0.39, 0.29) is 11.9 Å². The number of pyridine rings is 1. The van der Waals surface area contributed by atoms with Crippen LogP contribution in [0.3, 0.4) is 0 Å². The van der Waals surface area contributed by atoms with E-state index in [1.807, 2.05) is 11.0 Å². The number of para-hydroxylation sites is 1. The van der Waals surface area contributed by atoms with Crippen molar-refractivity contribution in [3.8, 4) is 0 Å². The Morgan fingerprint density at radius 2 is 2.11 bits per heavy atom. The van der Waals surface area contributed by atoms with E-state index in [0.29, 0.717) is 12.4 Å². The summed E-state index contributed by atoms with van der Waals surface area (Å²) in [6.07, 6.45) is 3.56. The predicted molar refractivity (Wildman–Crippen MR) is 114 cm³/mol. The van der Waals surface area contributed by atoms with Crippen LogP contribution in [-0.2, 0) is 0 Å². The van der Waals surface area contributed by atoms with Crippen molar-refractivity contribution in [2.75, 3.05) is 50.1 Å². The summed E-state index contributed by atoms with van der Waals surface area (Å²) in [5, 5.41) is 6.81. The highest BCUT2D eigenvalue weighted by Crippen LogP contribution is 2.20. The van der Waals surface area contributed by atoms with Crippen LogP contribution in [0, 0.1) is 5.82 Å². The molecule has 2 heterocycles. The van der Waals surface area contributed by atoms with Crippen LogP contribution in [-0.4, -0.2) is 57.3 Å². The van der Waals surface area contributed by atoms with Gasteiger partial charge in [-0.15, -0.1) is 0 Å². The number of aromatic nitrogens is 1. The second-order valence-corrected chi connectivity index (χ2v) is 6.99. The number of hydrogen-bond donors (Lipinski definition) is 2. The zero-order chi connectivity index (χ0) is 19.8. The summed E-state index contributed by atoms with van der Waals surface area (Å²) in [6.45, 7) is 3.29. The summed E-state index contributed by atoms with van der Waals surface area (Å²) >= 11 is 0. The molecule has 0 amide bonds. The Labute approximate surface area is 166 Å². The maximum atomic E-state index is 13.9. The summed E-state index contributed by atoms with van der Waals surface area (Å²) in [5.41, 5.74) is 1.22. The molecule has 0 bridgehead atoms. The van der Waals surface area contributed by atoms with Crippen LogP contribution in [0.15, 0.2) is 53.7 Å². The summed E-state index contributed by atoms with van der Waals surface area (Å²) in [5.74, 6) is 0.947. The molecule has 2 N–H and O–H groups in total. The number of nitrogens with one attached hydrogen (secondary N) is 2. The summed E-state index contributed by atoms with van der Waals surface area (Å²) in [7, 11) is 3.88. The second-order valence-electron chi connectivity index (χ2n) is 6.99. The lowest BCUT2D eigenvalue weighted by Gasteiger charge is -2.21. The lowest BCUT2D eigenvalue weighted by atomic mass is 10.2. The third-order valence-corrected chi connectivity index (χ3v) is 4.95. The van der Waals surface area contributed by atoms with Crippen LogP contribution in [0.25, 0.3) is 0 Å². The Morgan fingerprint density at radius 3 is 2.86 bits per heavy atom. The van der Waals surface area contributed by atoms with E-state index in [2.05, 4.69) is 56.8 Å². The fraction of sp³-hybridized carbons (Fsp3) is 0.429. The minimum atomic E-state index is -0.270. The highest BCUT2D eigenvalue weighted by Gasteiger charge is 2.25. The van der Waals surface area contributed by atoms with Gasteiger partial charge in [0.25, 0.3) is 0 Å². The van der Waals surface area contributed by atoms with Gasteiger partial charge in [0.2, 0.25) is 0 Å². The quantitative estimate of drug-likeness (QED) is 0.436. The first-order valence-corrected chi connectivity index (χ1v) is 9.76. The molecule has 0 saturated carbocycles. The Bertz CT molecular complexity index is 767. The van der Waals surface area contributed by atoms with Gasteiger partial charge in [-0.3, -0.25) is 4.99 Å². The van der Waals surface area contributed by atoms with E-state index in [1.54, 1.807) is 19.3 Å². The van der Waals surface area contributed by atoms with Crippen LogP contribution >= 0.6 is 0 Å². The molecule has 1 fully saturated rings. The van der Waals surface area contributed by atoms with Crippen LogP contribution < -0.4 is 20.4 Å². The Balaban J connectivity index is 1.40.